The number of aromatic nitrogens is 3. The number of aryl methyl sites for hydroxylation is 1. The molecule has 1 amide bonds. The van der Waals surface area contributed by atoms with Crippen LogP contribution in [-0.2, 0) is 0 Å². The van der Waals surface area contributed by atoms with Crippen LogP contribution in [0.15, 0.2) is 66.7 Å². The predicted molar refractivity (Wildman–Crippen MR) is 124 cm³/mol. The van der Waals surface area contributed by atoms with Crippen LogP contribution in [0.4, 0.5) is 0 Å². The fourth-order valence-corrected chi connectivity index (χ4v) is 4.01. The summed E-state index contributed by atoms with van der Waals surface area (Å²) in [6.45, 7) is 2.47. The number of methoxy groups -OCH3 is 1. The maximum Gasteiger partial charge on any atom is 0.263 e. The van der Waals surface area contributed by atoms with Crippen LogP contribution in [0.1, 0.15) is 15.4 Å². The van der Waals surface area contributed by atoms with Crippen molar-refractivity contribution < 1.29 is 14.3 Å². The van der Waals surface area contributed by atoms with Crippen molar-refractivity contribution in [1.29, 1.82) is 0 Å². The molecule has 2 aromatic heterocycles. The van der Waals surface area contributed by atoms with Gasteiger partial charge in [0, 0.05) is 17.2 Å². The van der Waals surface area contributed by atoms with E-state index in [0.717, 1.165) is 27.6 Å². The maximum atomic E-state index is 12.5. The highest BCUT2D eigenvalue weighted by molar-refractivity contribution is 7.17. The van der Waals surface area contributed by atoms with Gasteiger partial charge in [-0.1, -0.05) is 30.3 Å². The Balaban J connectivity index is 1.28. The van der Waals surface area contributed by atoms with Gasteiger partial charge < -0.3 is 14.8 Å². The fraction of sp³-hybridized carbons (Fsp3) is 0.167. The summed E-state index contributed by atoms with van der Waals surface area (Å²) in [4.78, 5) is 17.7. The highest BCUT2D eigenvalue weighted by atomic mass is 32.1. The number of nitrogens with zero attached hydrogens (tertiary/aromatic N) is 3. The van der Waals surface area contributed by atoms with Crippen LogP contribution in [0.3, 0.4) is 0 Å². The Morgan fingerprint density at radius 1 is 0.969 bits per heavy atom. The van der Waals surface area contributed by atoms with Crippen LogP contribution in [0, 0.1) is 6.92 Å². The minimum atomic E-state index is -0.160. The Morgan fingerprint density at radius 3 is 2.44 bits per heavy atom. The monoisotopic (exact) mass is 446 g/mol. The molecule has 0 unspecified atom stereocenters. The first-order chi connectivity index (χ1) is 15.6. The first-order valence-electron chi connectivity index (χ1n) is 10.1. The number of hydrogen-bond donors (Lipinski definition) is 1. The second kappa shape index (κ2) is 10.0. The standard InChI is InChI=1S/C24H22N4O3S/c1-16-22(32-24(26-16)18-6-4-3-5-7-18)23(29)25-14-15-31-21-13-12-20(27-28-21)17-8-10-19(30-2)11-9-17/h3-13H,14-15H2,1-2H3,(H,25,29). The smallest absolute Gasteiger partial charge is 0.263 e. The third kappa shape index (κ3) is 5.09. The summed E-state index contributed by atoms with van der Waals surface area (Å²) < 4.78 is 10.8. The molecule has 0 bridgehead atoms. The summed E-state index contributed by atoms with van der Waals surface area (Å²) in [5, 5.41) is 12.0. The summed E-state index contributed by atoms with van der Waals surface area (Å²) in [5.74, 6) is 1.03. The SMILES string of the molecule is COc1ccc(-c2ccc(OCCNC(=O)c3sc(-c4ccccc4)nc3C)nn2)cc1. The molecule has 0 aliphatic carbocycles. The van der Waals surface area contributed by atoms with E-state index in [1.165, 1.54) is 11.3 Å². The van der Waals surface area contributed by atoms with Crippen molar-refractivity contribution in [2.75, 3.05) is 20.3 Å². The number of benzene rings is 2. The van der Waals surface area contributed by atoms with E-state index in [1.807, 2.05) is 67.6 Å². The number of carbonyl (C=O) groups is 1. The molecule has 0 fully saturated rings. The van der Waals surface area contributed by atoms with Crippen molar-refractivity contribution in [3.05, 3.63) is 77.3 Å². The Morgan fingerprint density at radius 2 is 1.75 bits per heavy atom. The molecule has 8 heteroatoms. The summed E-state index contributed by atoms with van der Waals surface area (Å²) >= 11 is 1.38. The van der Waals surface area contributed by atoms with E-state index in [2.05, 4.69) is 20.5 Å². The molecule has 4 rings (SSSR count). The van der Waals surface area contributed by atoms with Gasteiger partial charge in [-0.05, 0) is 37.3 Å². The lowest BCUT2D eigenvalue weighted by molar-refractivity contribution is 0.0949. The van der Waals surface area contributed by atoms with Crippen LogP contribution >= 0.6 is 11.3 Å². The Kier molecular flexibility index (Phi) is 6.72. The molecule has 0 saturated heterocycles. The van der Waals surface area contributed by atoms with Gasteiger partial charge >= 0.3 is 0 Å². The molecule has 162 valence electrons. The molecule has 0 aliphatic rings. The third-order valence-electron chi connectivity index (χ3n) is 4.69. The molecule has 0 atom stereocenters. The average molecular weight is 447 g/mol. The van der Waals surface area contributed by atoms with E-state index in [-0.39, 0.29) is 12.5 Å². The lowest BCUT2D eigenvalue weighted by atomic mass is 10.1. The minimum Gasteiger partial charge on any atom is -0.497 e. The number of ether oxygens (including phenoxy) is 2. The van der Waals surface area contributed by atoms with E-state index < -0.39 is 0 Å². The Bertz CT molecular complexity index is 1180. The first-order valence-corrected chi connectivity index (χ1v) is 10.9. The molecule has 32 heavy (non-hydrogen) atoms. The predicted octanol–water partition coefficient (Wildman–Crippen LogP) is 4.39. The van der Waals surface area contributed by atoms with E-state index in [0.29, 0.717) is 23.0 Å². The molecule has 0 saturated carbocycles. The maximum absolute atomic E-state index is 12.5. The highest BCUT2D eigenvalue weighted by Crippen LogP contribution is 2.27. The lowest BCUT2D eigenvalue weighted by Gasteiger charge is -2.07. The van der Waals surface area contributed by atoms with Crippen molar-refractivity contribution in [3.8, 4) is 33.5 Å². The number of thiazole rings is 1. The zero-order valence-electron chi connectivity index (χ0n) is 17.7. The number of carbonyl (C=O) groups excluding carboxylic acids is 1. The number of hydrogen-bond acceptors (Lipinski definition) is 7. The van der Waals surface area contributed by atoms with Gasteiger partial charge in [0.2, 0.25) is 5.88 Å². The van der Waals surface area contributed by atoms with Crippen LogP contribution in [0.2, 0.25) is 0 Å². The molecular formula is C24H22N4O3S. The molecule has 1 N–H and O–H groups in total. The van der Waals surface area contributed by atoms with Crippen LogP contribution in [0.25, 0.3) is 21.8 Å². The summed E-state index contributed by atoms with van der Waals surface area (Å²) in [7, 11) is 1.63. The number of rotatable bonds is 8. The van der Waals surface area contributed by atoms with Crippen molar-refractivity contribution in [2.45, 2.75) is 6.92 Å². The zero-order valence-corrected chi connectivity index (χ0v) is 18.6. The molecule has 7 nitrogen and oxygen atoms in total. The van der Waals surface area contributed by atoms with Crippen LogP contribution < -0.4 is 14.8 Å². The van der Waals surface area contributed by atoms with E-state index in [4.69, 9.17) is 9.47 Å². The second-order valence-corrected chi connectivity index (χ2v) is 7.89. The highest BCUT2D eigenvalue weighted by Gasteiger charge is 2.15. The summed E-state index contributed by atoms with van der Waals surface area (Å²) in [6.07, 6.45) is 0. The quantitative estimate of drug-likeness (QED) is 0.404. The van der Waals surface area contributed by atoms with Gasteiger partial charge in [-0.15, -0.1) is 21.5 Å². The number of nitrogens with one attached hydrogen (secondary N) is 1. The second-order valence-electron chi connectivity index (χ2n) is 6.89. The van der Waals surface area contributed by atoms with Gasteiger partial charge in [-0.2, -0.15) is 0 Å². The van der Waals surface area contributed by atoms with Crippen molar-refractivity contribution >= 4 is 17.2 Å². The normalized spacial score (nSPS) is 10.6. The molecular weight excluding hydrogens is 424 g/mol. The van der Waals surface area contributed by atoms with Gasteiger partial charge in [0.15, 0.2) is 0 Å². The molecule has 2 aromatic carbocycles. The topological polar surface area (TPSA) is 86.2 Å². The average Bonchev–Trinajstić information content (AvgIpc) is 3.24. The van der Waals surface area contributed by atoms with E-state index in [9.17, 15) is 4.79 Å². The molecule has 0 spiro atoms. The van der Waals surface area contributed by atoms with E-state index in [1.54, 1.807) is 13.2 Å². The largest absolute Gasteiger partial charge is 0.497 e. The lowest BCUT2D eigenvalue weighted by Crippen LogP contribution is -2.28. The summed E-state index contributed by atoms with van der Waals surface area (Å²) in [6, 6.07) is 21.0. The fourth-order valence-electron chi connectivity index (χ4n) is 3.02. The molecule has 4 aromatic rings. The van der Waals surface area contributed by atoms with Crippen LogP contribution in [0.5, 0.6) is 11.6 Å². The van der Waals surface area contributed by atoms with Gasteiger partial charge in [-0.3, -0.25) is 4.79 Å². The summed E-state index contributed by atoms with van der Waals surface area (Å²) in [5.41, 5.74) is 3.39. The van der Waals surface area contributed by atoms with Crippen molar-refractivity contribution in [1.82, 2.24) is 20.5 Å². The minimum absolute atomic E-state index is 0.160. The Labute approximate surface area is 190 Å². The Hall–Kier alpha value is -3.78. The van der Waals surface area contributed by atoms with Crippen molar-refractivity contribution in [3.63, 3.8) is 0 Å². The van der Waals surface area contributed by atoms with Crippen LogP contribution in [-0.4, -0.2) is 41.3 Å². The van der Waals surface area contributed by atoms with E-state index >= 15 is 0 Å². The van der Waals surface area contributed by atoms with Gasteiger partial charge in [0.25, 0.3) is 5.91 Å². The number of amides is 1. The third-order valence-corrected chi connectivity index (χ3v) is 5.89. The van der Waals surface area contributed by atoms with Gasteiger partial charge in [0.1, 0.15) is 22.2 Å². The molecule has 0 aliphatic heterocycles. The molecule has 0 radical (unpaired) electrons. The van der Waals surface area contributed by atoms with Gasteiger partial charge in [-0.25, -0.2) is 4.98 Å². The van der Waals surface area contributed by atoms with Crippen molar-refractivity contribution in [2.24, 2.45) is 0 Å². The van der Waals surface area contributed by atoms with Gasteiger partial charge in [0.05, 0.1) is 25.0 Å². The molecule has 2 heterocycles. The first kappa shape index (κ1) is 21.5. The zero-order chi connectivity index (χ0) is 22.3.